The van der Waals surface area contributed by atoms with Crippen molar-refractivity contribution in [2.24, 2.45) is 0 Å². The molecule has 1 heteroatoms. The van der Waals surface area contributed by atoms with Crippen molar-refractivity contribution in [3.8, 4) is 11.1 Å². The van der Waals surface area contributed by atoms with Crippen LogP contribution >= 0.6 is 0 Å². The van der Waals surface area contributed by atoms with Gasteiger partial charge in [-0.25, -0.2) is 0 Å². The molecule has 0 amide bonds. The molecular weight excluding hydrogens is 304 g/mol. The van der Waals surface area contributed by atoms with Gasteiger partial charge >= 0.3 is 0 Å². The lowest BCUT2D eigenvalue weighted by Gasteiger charge is -2.17. The van der Waals surface area contributed by atoms with E-state index >= 15 is 0 Å². The Morgan fingerprint density at radius 1 is 0.958 bits per heavy atom. The zero-order valence-corrected chi connectivity index (χ0v) is 16.9. The third-order valence-electron chi connectivity index (χ3n) is 5.26. The Labute approximate surface area is 148 Å². The first kappa shape index (κ1) is 17.2. The molecule has 0 spiro atoms. The molecule has 1 aliphatic rings. The van der Waals surface area contributed by atoms with E-state index in [1.165, 1.54) is 46.7 Å². The summed E-state index contributed by atoms with van der Waals surface area (Å²) in [7, 11) is -1.22. The molecule has 3 rings (SSSR count). The fourth-order valence-corrected chi connectivity index (χ4v) is 4.79. The molecule has 0 N–H and O–H groups in total. The van der Waals surface area contributed by atoms with Crippen LogP contribution in [0.25, 0.3) is 17.2 Å². The van der Waals surface area contributed by atoms with Gasteiger partial charge in [-0.3, -0.25) is 0 Å². The van der Waals surface area contributed by atoms with Crippen LogP contribution in [0.3, 0.4) is 0 Å². The summed E-state index contributed by atoms with van der Waals surface area (Å²) in [4.78, 5) is 0. The molecule has 0 aromatic heterocycles. The second-order valence-electron chi connectivity index (χ2n) is 8.23. The van der Waals surface area contributed by atoms with E-state index in [0.29, 0.717) is 0 Å². The molecule has 24 heavy (non-hydrogen) atoms. The van der Waals surface area contributed by atoms with Crippen LogP contribution in [-0.4, -0.2) is 8.07 Å². The van der Waals surface area contributed by atoms with Crippen molar-refractivity contribution in [1.82, 2.24) is 0 Å². The van der Waals surface area contributed by atoms with E-state index in [9.17, 15) is 0 Å². The molecule has 0 heterocycles. The fraction of sp³-hybridized carbons (Fsp3) is 0.391. The minimum absolute atomic E-state index is 1.15. The van der Waals surface area contributed by atoms with E-state index in [0.717, 1.165) is 6.42 Å². The van der Waals surface area contributed by atoms with Crippen LogP contribution in [0.5, 0.6) is 0 Å². The van der Waals surface area contributed by atoms with Gasteiger partial charge in [0.25, 0.3) is 0 Å². The molecule has 0 nitrogen and oxygen atoms in total. The molecular formula is C23H30Si. The summed E-state index contributed by atoms with van der Waals surface area (Å²) >= 11 is 0. The van der Waals surface area contributed by atoms with Crippen molar-refractivity contribution in [2.45, 2.75) is 59.2 Å². The normalized spacial score (nSPS) is 13.8. The number of allylic oxidation sites excluding steroid dienone is 1. The van der Waals surface area contributed by atoms with Crippen molar-refractivity contribution in [3.05, 3.63) is 58.7 Å². The first-order chi connectivity index (χ1) is 11.4. The van der Waals surface area contributed by atoms with Crippen molar-refractivity contribution in [2.75, 3.05) is 0 Å². The third kappa shape index (κ3) is 3.42. The van der Waals surface area contributed by atoms with E-state index in [-0.39, 0.29) is 0 Å². The van der Waals surface area contributed by atoms with E-state index in [1.54, 1.807) is 11.1 Å². The number of hydrogen-bond acceptors (Lipinski definition) is 0. The van der Waals surface area contributed by atoms with E-state index < -0.39 is 8.07 Å². The summed E-state index contributed by atoms with van der Waals surface area (Å²) in [5.41, 5.74) is 8.84. The summed E-state index contributed by atoms with van der Waals surface area (Å²) in [5, 5.41) is 1.54. The lowest BCUT2D eigenvalue weighted by atomic mass is 9.94. The van der Waals surface area contributed by atoms with Crippen LogP contribution < -0.4 is 5.19 Å². The smallest absolute Gasteiger partial charge is 0.0656 e. The lowest BCUT2D eigenvalue weighted by Crippen LogP contribution is -2.37. The minimum Gasteiger partial charge on any atom is -0.0656 e. The molecule has 2 aromatic carbocycles. The average Bonchev–Trinajstić information content (AvgIpc) is 2.97. The molecule has 0 saturated carbocycles. The molecule has 126 valence electrons. The first-order valence-electron chi connectivity index (χ1n) is 9.33. The second kappa shape index (κ2) is 6.72. The largest absolute Gasteiger partial charge is 0.0775 e. The van der Waals surface area contributed by atoms with Gasteiger partial charge in [-0.05, 0) is 54.0 Å². The van der Waals surface area contributed by atoms with Crippen LogP contribution in [0.1, 0.15) is 42.9 Å². The van der Waals surface area contributed by atoms with Gasteiger partial charge in [-0.1, -0.05) is 86.2 Å². The Morgan fingerprint density at radius 2 is 1.67 bits per heavy atom. The number of benzene rings is 2. The molecule has 0 bridgehead atoms. The van der Waals surface area contributed by atoms with E-state index in [1.807, 2.05) is 0 Å². The Kier molecular flexibility index (Phi) is 4.82. The Bertz CT molecular complexity index is 758. The monoisotopic (exact) mass is 334 g/mol. The lowest BCUT2D eigenvalue weighted by molar-refractivity contribution is 0.779. The summed E-state index contributed by atoms with van der Waals surface area (Å²) in [6.07, 6.45) is 7.46. The fourth-order valence-electron chi connectivity index (χ4n) is 3.62. The second-order valence-corrected chi connectivity index (χ2v) is 13.3. The van der Waals surface area contributed by atoms with Gasteiger partial charge in [0.1, 0.15) is 0 Å². The maximum Gasteiger partial charge on any atom is 0.0775 e. The summed E-state index contributed by atoms with van der Waals surface area (Å²) in [5.74, 6) is 0. The van der Waals surface area contributed by atoms with Gasteiger partial charge in [0.05, 0.1) is 8.07 Å². The van der Waals surface area contributed by atoms with Gasteiger partial charge in [0, 0.05) is 0 Å². The zero-order valence-electron chi connectivity index (χ0n) is 15.9. The van der Waals surface area contributed by atoms with Crippen LogP contribution in [-0.2, 0) is 6.42 Å². The predicted molar refractivity (Wildman–Crippen MR) is 111 cm³/mol. The summed E-state index contributed by atoms with van der Waals surface area (Å²) in [6.45, 7) is 11.8. The van der Waals surface area contributed by atoms with Crippen molar-refractivity contribution >= 4 is 19.3 Å². The third-order valence-corrected chi connectivity index (χ3v) is 7.32. The molecule has 0 unspecified atom stereocenters. The van der Waals surface area contributed by atoms with Gasteiger partial charge < -0.3 is 0 Å². The number of fused-ring (bicyclic) bond motifs is 1. The van der Waals surface area contributed by atoms with Crippen molar-refractivity contribution < 1.29 is 0 Å². The van der Waals surface area contributed by atoms with Crippen LogP contribution in [0, 0.1) is 6.92 Å². The number of aryl methyl sites for hydroxylation is 1. The SMILES string of the molecule is CCCCC1=Cc2c(-c3ccc([Si](C)(C)C)cc3)ccc(C)c2C1. The van der Waals surface area contributed by atoms with Gasteiger partial charge in [-0.2, -0.15) is 0 Å². The van der Waals surface area contributed by atoms with Crippen molar-refractivity contribution in [3.63, 3.8) is 0 Å². The van der Waals surface area contributed by atoms with Gasteiger partial charge in [-0.15, -0.1) is 0 Å². The highest BCUT2D eigenvalue weighted by atomic mass is 28.3. The van der Waals surface area contributed by atoms with Gasteiger partial charge in [0.15, 0.2) is 0 Å². The maximum atomic E-state index is 2.47. The van der Waals surface area contributed by atoms with Crippen LogP contribution in [0.4, 0.5) is 0 Å². The topological polar surface area (TPSA) is 0 Å². The quantitative estimate of drug-likeness (QED) is 0.560. The highest BCUT2D eigenvalue weighted by Crippen LogP contribution is 2.37. The minimum atomic E-state index is -1.22. The summed E-state index contributed by atoms with van der Waals surface area (Å²) < 4.78 is 0. The Morgan fingerprint density at radius 3 is 2.29 bits per heavy atom. The molecule has 0 aliphatic heterocycles. The molecule has 2 aromatic rings. The number of rotatable bonds is 5. The number of unbranched alkanes of at least 4 members (excludes halogenated alkanes) is 1. The Hall–Kier alpha value is -1.60. The maximum absolute atomic E-state index is 2.47. The van der Waals surface area contributed by atoms with E-state index in [2.05, 4.69) is 76.0 Å². The molecule has 1 aliphatic carbocycles. The first-order valence-corrected chi connectivity index (χ1v) is 12.8. The molecule has 0 fully saturated rings. The highest BCUT2D eigenvalue weighted by molar-refractivity contribution is 6.88. The standard InChI is InChI=1S/C23H30Si/c1-6-7-8-18-15-22-17(2)9-14-21(23(22)16-18)19-10-12-20(13-11-19)24(3,4)5/h9-14,16H,6-8,15H2,1-5H3. The highest BCUT2D eigenvalue weighted by Gasteiger charge is 2.20. The van der Waals surface area contributed by atoms with E-state index in [4.69, 9.17) is 0 Å². The predicted octanol–water partition coefficient (Wildman–Crippen LogP) is 6.34. The molecule has 0 atom stereocenters. The molecule has 0 radical (unpaired) electrons. The van der Waals surface area contributed by atoms with Gasteiger partial charge in [0.2, 0.25) is 0 Å². The van der Waals surface area contributed by atoms with Crippen LogP contribution in [0.15, 0.2) is 42.0 Å². The summed E-state index contributed by atoms with van der Waals surface area (Å²) in [6, 6.07) is 14.0. The molecule has 0 saturated heterocycles. The number of hydrogen-bond donors (Lipinski definition) is 0. The van der Waals surface area contributed by atoms with Crippen molar-refractivity contribution in [1.29, 1.82) is 0 Å². The average molecular weight is 335 g/mol. The zero-order chi connectivity index (χ0) is 17.3. The Balaban J connectivity index is 1.98. The van der Waals surface area contributed by atoms with Crippen LogP contribution in [0.2, 0.25) is 19.6 Å².